The van der Waals surface area contributed by atoms with Crippen molar-refractivity contribution in [1.82, 2.24) is 35.6 Å². The van der Waals surface area contributed by atoms with Crippen LogP contribution < -0.4 is 20.9 Å². The van der Waals surface area contributed by atoms with Gasteiger partial charge in [0.1, 0.15) is 15.6 Å². The van der Waals surface area contributed by atoms with Crippen LogP contribution in [0.4, 0.5) is 5.82 Å². The number of benzene rings is 1. The van der Waals surface area contributed by atoms with Crippen LogP contribution in [0.15, 0.2) is 40.3 Å². The van der Waals surface area contributed by atoms with Crippen molar-refractivity contribution in [2.75, 3.05) is 18.8 Å². The molecule has 0 aliphatic carbocycles. The van der Waals surface area contributed by atoms with Crippen LogP contribution in [0.3, 0.4) is 0 Å². The van der Waals surface area contributed by atoms with E-state index in [0.717, 1.165) is 19.4 Å². The number of H-pyrrole nitrogens is 1. The first-order chi connectivity index (χ1) is 15.2. The van der Waals surface area contributed by atoms with E-state index in [9.17, 15) is 16.8 Å². The molecule has 15 heteroatoms. The van der Waals surface area contributed by atoms with Crippen LogP contribution in [0.2, 0.25) is 0 Å². The number of rotatable bonds is 7. The number of hydrogen-bond acceptors (Lipinski definition) is 10. The number of primary sulfonamides is 1. The first-order valence-corrected chi connectivity index (χ1v) is 12.6. The Morgan fingerprint density at radius 2 is 1.97 bits per heavy atom. The average molecular weight is 480 g/mol. The number of tetrazole rings is 1. The number of sulfonamides is 2. The van der Waals surface area contributed by atoms with Gasteiger partial charge in [0.25, 0.3) is 0 Å². The Balaban J connectivity index is 1.92. The maximum Gasteiger partial charge on any atom is 0.241 e. The maximum absolute atomic E-state index is 13.1. The topological polar surface area (TPSA) is 212 Å². The molecular weight excluding hydrogens is 458 g/mol. The first-order valence-electron chi connectivity index (χ1n) is 9.55. The van der Waals surface area contributed by atoms with E-state index < -0.39 is 29.8 Å². The van der Waals surface area contributed by atoms with Gasteiger partial charge in [0.2, 0.25) is 25.9 Å². The van der Waals surface area contributed by atoms with Gasteiger partial charge in [0.15, 0.2) is 0 Å². The highest BCUT2D eigenvalue weighted by molar-refractivity contribution is 7.92. The van der Waals surface area contributed by atoms with Crippen molar-refractivity contribution in [2.24, 2.45) is 5.14 Å². The summed E-state index contributed by atoms with van der Waals surface area (Å²) >= 11 is 0. The third-order valence-electron chi connectivity index (χ3n) is 5.04. The van der Waals surface area contributed by atoms with Gasteiger partial charge in [-0.25, -0.2) is 31.7 Å². The SMILES string of the molecule is Nc1ccc(-c2ccc(S(=O)(=O)NCC3CCCN3)c(S(N)(=O)=O)c2-c2nn[nH]n2)cn1. The molecule has 0 bridgehead atoms. The monoisotopic (exact) mass is 479 g/mol. The molecule has 3 aromatic rings. The summed E-state index contributed by atoms with van der Waals surface area (Å²) in [5.74, 6) is 0.112. The molecule has 32 heavy (non-hydrogen) atoms. The van der Waals surface area contributed by atoms with Crippen molar-refractivity contribution >= 4 is 25.9 Å². The molecule has 13 nitrogen and oxygen atoms in total. The van der Waals surface area contributed by atoms with Crippen molar-refractivity contribution < 1.29 is 16.8 Å². The van der Waals surface area contributed by atoms with E-state index >= 15 is 0 Å². The molecule has 1 aliphatic heterocycles. The number of nitrogen functional groups attached to an aromatic ring is 1. The minimum Gasteiger partial charge on any atom is -0.384 e. The van der Waals surface area contributed by atoms with Gasteiger partial charge in [0.05, 0.1) is 5.56 Å². The standard InChI is InChI=1S/C17H21N9O4S2/c18-14-6-3-10(8-21-14)12-4-5-13(32(29,30)22-9-11-2-1-7-20-11)16(31(19,27)28)15(12)17-23-25-26-24-17/h3-6,8,11,20,22H,1-2,7,9H2,(H2,18,21)(H2,19,27,28)(H,23,24,25,26). The van der Waals surface area contributed by atoms with Gasteiger partial charge in [0, 0.05) is 24.3 Å². The number of aromatic nitrogens is 5. The number of nitrogens with one attached hydrogen (secondary N) is 3. The smallest absolute Gasteiger partial charge is 0.241 e. The first kappa shape index (κ1) is 22.2. The molecular formula is C17H21N9O4S2. The molecule has 3 heterocycles. The predicted molar refractivity (Wildman–Crippen MR) is 115 cm³/mol. The van der Waals surface area contributed by atoms with Crippen molar-refractivity contribution in [1.29, 1.82) is 0 Å². The predicted octanol–water partition coefficient (Wildman–Crippen LogP) is -0.811. The second kappa shape index (κ2) is 8.51. The lowest BCUT2D eigenvalue weighted by molar-refractivity contribution is 0.548. The normalized spacial score (nSPS) is 17.0. The number of aromatic amines is 1. The third-order valence-corrected chi connectivity index (χ3v) is 7.63. The van der Waals surface area contributed by atoms with E-state index in [-0.39, 0.29) is 29.8 Å². The van der Waals surface area contributed by atoms with Crippen molar-refractivity contribution in [2.45, 2.75) is 28.7 Å². The molecule has 170 valence electrons. The summed E-state index contributed by atoms with van der Waals surface area (Å²) in [5.41, 5.74) is 6.27. The number of hydrogen-bond donors (Lipinski definition) is 5. The maximum atomic E-state index is 13.1. The second-order valence-corrected chi connectivity index (χ2v) is 10.4. The quantitative estimate of drug-likeness (QED) is 0.284. The summed E-state index contributed by atoms with van der Waals surface area (Å²) < 4.78 is 54.0. The number of pyridine rings is 1. The Labute approximate surface area is 184 Å². The summed E-state index contributed by atoms with van der Waals surface area (Å²) in [6.45, 7) is 0.898. The molecule has 7 N–H and O–H groups in total. The van der Waals surface area contributed by atoms with E-state index in [1.165, 1.54) is 24.4 Å². The summed E-state index contributed by atoms with van der Waals surface area (Å²) in [6.07, 6.45) is 3.15. The Morgan fingerprint density at radius 3 is 2.56 bits per heavy atom. The van der Waals surface area contributed by atoms with E-state index in [0.29, 0.717) is 11.1 Å². The molecule has 1 aromatic carbocycles. The molecule has 0 radical (unpaired) electrons. The number of anilines is 1. The minimum atomic E-state index is -4.55. The Morgan fingerprint density at radius 1 is 1.16 bits per heavy atom. The van der Waals surface area contributed by atoms with Crippen LogP contribution in [0.1, 0.15) is 12.8 Å². The van der Waals surface area contributed by atoms with Crippen LogP contribution in [-0.4, -0.2) is 61.6 Å². The Bertz CT molecular complexity index is 1320. The van der Waals surface area contributed by atoms with E-state index in [1.54, 1.807) is 6.07 Å². The molecule has 1 unspecified atom stereocenters. The van der Waals surface area contributed by atoms with Gasteiger partial charge in [-0.1, -0.05) is 6.07 Å². The summed E-state index contributed by atoms with van der Waals surface area (Å²) in [6, 6.07) is 5.70. The average Bonchev–Trinajstić information content (AvgIpc) is 3.45. The molecule has 1 aliphatic rings. The fourth-order valence-electron chi connectivity index (χ4n) is 3.57. The minimum absolute atomic E-state index is 0.0421. The third kappa shape index (κ3) is 4.46. The van der Waals surface area contributed by atoms with Crippen molar-refractivity contribution in [3.05, 3.63) is 30.5 Å². The molecule has 1 atom stereocenters. The van der Waals surface area contributed by atoms with Gasteiger partial charge < -0.3 is 11.1 Å². The number of nitrogens with zero attached hydrogens (tertiary/aromatic N) is 4. The lowest BCUT2D eigenvalue weighted by atomic mass is 10.0. The lowest BCUT2D eigenvalue weighted by Crippen LogP contribution is -2.37. The highest BCUT2D eigenvalue weighted by Crippen LogP contribution is 2.38. The van der Waals surface area contributed by atoms with Crippen molar-refractivity contribution in [3.63, 3.8) is 0 Å². The van der Waals surface area contributed by atoms with Gasteiger partial charge in [-0.05, 0) is 48.4 Å². The zero-order valence-electron chi connectivity index (χ0n) is 16.7. The number of nitrogens with two attached hydrogens (primary N) is 2. The Kier molecular flexibility index (Phi) is 5.91. The fourth-order valence-corrected chi connectivity index (χ4v) is 6.25. The van der Waals surface area contributed by atoms with Gasteiger partial charge in [-0.3, -0.25) is 0 Å². The zero-order chi connectivity index (χ0) is 22.9. The van der Waals surface area contributed by atoms with Crippen LogP contribution in [0.25, 0.3) is 22.5 Å². The lowest BCUT2D eigenvalue weighted by Gasteiger charge is -2.17. The second-order valence-electron chi connectivity index (χ2n) is 7.21. The summed E-state index contributed by atoms with van der Waals surface area (Å²) in [4.78, 5) is 2.86. The van der Waals surface area contributed by atoms with Gasteiger partial charge in [-0.2, -0.15) is 5.21 Å². The van der Waals surface area contributed by atoms with Crippen LogP contribution in [0.5, 0.6) is 0 Å². The van der Waals surface area contributed by atoms with E-state index in [4.69, 9.17) is 10.9 Å². The highest BCUT2D eigenvalue weighted by atomic mass is 32.2. The van der Waals surface area contributed by atoms with Gasteiger partial charge >= 0.3 is 0 Å². The molecule has 1 fully saturated rings. The van der Waals surface area contributed by atoms with E-state index in [2.05, 4.69) is 35.6 Å². The van der Waals surface area contributed by atoms with Crippen LogP contribution in [-0.2, 0) is 20.0 Å². The molecule has 0 saturated carbocycles. The highest BCUT2D eigenvalue weighted by Gasteiger charge is 2.32. The largest absolute Gasteiger partial charge is 0.384 e. The molecule has 2 aromatic heterocycles. The van der Waals surface area contributed by atoms with Crippen LogP contribution >= 0.6 is 0 Å². The Hall–Kier alpha value is -2.98. The van der Waals surface area contributed by atoms with Crippen molar-refractivity contribution in [3.8, 4) is 22.5 Å². The summed E-state index contributed by atoms with van der Waals surface area (Å²) in [5, 5.41) is 22.1. The molecule has 0 amide bonds. The molecule has 0 spiro atoms. The molecule has 4 rings (SSSR count). The summed E-state index contributed by atoms with van der Waals surface area (Å²) in [7, 11) is -8.80. The fraction of sp³-hybridized carbons (Fsp3) is 0.294. The van der Waals surface area contributed by atoms with Crippen LogP contribution in [0, 0.1) is 0 Å². The zero-order valence-corrected chi connectivity index (χ0v) is 18.3. The van der Waals surface area contributed by atoms with Gasteiger partial charge in [-0.15, -0.1) is 10.2 Å². The molecule has 1 saturated heterocycles. The van der Waals surface area contributed by atoms with E-state index in [1.807, 2.05) is 0 Å².